The van der Waals surface area contributed by atoms with Crippen LogP contribution >= 0.6 is 11.6 Å². The Kier molecular flexibility index (Phi) is 3.52. The molecule has 1 heterocycles. The summed E-state index contributed by atoms with van der Waals surface area (Å²) in [7, 11) is 0. The summed E-state index contributed by atoms with van der Waals surface area (Å²) in [5.41, 5.74) is 3.13. The van der Waals surface area contributed by atoms with Gasteiger partial charge in [0.25, 0.3) is 0 Å². The molecule has 0 spiro atoms. The molecule has 0 atom stereocenters. The zero-order valence-electron chi connectivity index (χ0n) is 11.1. The largest absolute Gasteiger partial charge is 0.370 e. The van der Waals surface area contributed by atoms with Gasteiger partial charge in [-0.3, -0.25) is 0 Å². The molecule has 4 heteroatoms. The van der Waals surface area contributed by atoms with E-state index in [1.54, 1.807) is 6.33 Å². The van der Waals surface area contributed by atoms with Crippen LogP contribution in [0.15, 0.2) is 48.8 Å². The third-order valence-corrected chi connectivity index (χ3v) is 3.37. The van der Waals surface area contributed by atoms with Crippen LogP contribution in [0.1, 0.15) is 6.92 Å². The van der Waals surface area contributed by atoms with Crippen LogP contribution in [-0.2, 0) is 0 Å². The van der Waals surface area contributed by atoms with E-state index in [1.165, 1.54) is 0 Å². The average molecular weight is 284 g/mol. The summed E-state index contributed by atoms with van der Waals surface area (Å²) in [6.45, 7) is 2.88. The van der Waals surface area contributed by atoms with Crippen LogP contribution in [-0.4, -0.2) is 16.5 Å². The zero-order chi connectivity index (χ0) is 13.9. The second-order valence-corrected chi connectivity index (χ2v) is 4.93. The van der Waals surface area contributed by atoms with E-state index in [2.05, 4.69) is 34.3 Å². The molecule has 2 aromatic carbocycles. The minimum Gasteiger partial charge on any atom is -0.370 e. The van der Waals surface area contributed by atoms with Crippen molar-refractivity contribution in [2.75, 3.05) is 11.9 Å². The Balaban J connectivity index is 2.16. The number of rotatable bonds is 3. The van der Waals surface area contributed by atoms with Crippen LogP contribution in [0.4, 0.5) is 5.82 Å². The zero-order valence-corrected chi connectivity index (χ0v) is 11.9. The van der Waals surface area contributed by atoms with Crippen LogP contribution in [0, 0.1) is 0 Å². The van der Waals surface area contributed by atoms with Crippen LogP contribution in [0.25, 0.3) is 22.0 Å². The quantitative estimate of drug-likeness (QED) is 0.775. The molecule has 20 heavy (non-hydrogen) atoms. The second-order valence-electron chi connectivity index (χ2n) is 4.49. The molecule has 0 aliphatic rings. The first-order valence-corrected chi connectivity index (χ1v) is 6.90. The van der Waals surface area contributed by atoms with Gasteiger partial charge in [0.05, 0.1) is 5.52 Å². The number of anilines is 1. The van der Waals surface area contributed by atoms with Gasteiger partial charge in [-0.05, 0) is 42.3 Å². The van der Waals surface area contributed by atoms with Gasteiger partial charge in [0.15, 0.2) is 0 Å². The topological polar surface area (TPSA) is 37.8 Å². The molecule has 0 bridgehead atoms. The molecular formula is C16H14ClN3. The van der Waals surface area contributed by atoms with Crippen molar-refractivity contribution >= 4 is 28.3 Å². The van der Waals surface area contributed by atoms with Crippen molar-refractivity contribution < 1.29 is 0 Å². The summed E-state index contributed by atoms with van der Waals surface area (Å²) in [5.74, 6) is 0.862. The third-order valence-electron chi connectivity index (χ3n) is 3.14. The first-order chi connectivity index (χ1) is 9.78. The summed E-state index contributed by atoms with van der Waals surface area (Å²) < 4.78 is 0. The fourth-order valence-electron chi connectivity index (χ4n) is 2.21. The predicted octanol–water partition coefficient (Wildman–Crippen LogP) is 4.38. The highest BCUT2D eigenvalue weighted by Gasteiger charge is 2.05. The minimum absolute atomic E-state index is 0.735. The highest BCUT2D eigenvalue weighted by Crippen LogP contribution is 2.28. The molecule has 0 amide bonds. The SMILES string of the molecule is CCNc1ncnc2ccc(-c3cccc(Cl)c3)cc12. The lowest BCUT2D eigenvalue weighted by Crippen LogP contribution is -2.00. The molecule has 0 saturated carbocycles. The third kappa shape index (κ3) is 2.45. The van der Waals surface area contributed by atoms with E-state index in [-0.39, 0.29) is 0 Å². The van der Waals surface area contributed by atoms with Gasteiger partial charge < -0.3 is 5.32 Å². The number of nitrogens with one attached hydrogen (secondary N) is 1. The monoisotopic (exact) mass is 283 g/mol. The van der Waals surface area contributed by atoms with E-state index in [4.69, 9.17) is 11.6 Å². The molecule has 0 radical (unpaired) electrons. The minimum atomic E-state index is 0.735. The Morgan fingerprint density at radius 1 is 1.05 bits per heavy atom. The van der Waals surface area contributed by atoms with Gasteiger partial charge in [-0.2, -0.15) is 0 Å². The molecule has 1 aromatic heterocycles. The van der Waals surface area contributed by atoms with Crippen molar-refractivity contribution in [1.82, 2.24) is 9.97 Å². The van der Waals surface area contributed by atoms with Gasteiger partial charge >= 0.3 is 0 Å². The fraction of sp³-hybridized carbons (Fsp3) is 0.125. The standard InChI is InChI=1S/C16H14ClN3/c1-2-18-16-14-9-12(6-7-15(14)19-10-20-16)11-4-3-5-13(17)8-11/h3-10H,2H2,1H3,(H,18,19,20). The molecule has 1 N–H and O–H groups in total. The number of halogens is 1. The molecule has 0 saturated heterocycles. The van der Waals surface area contributed by atoms with Crippen molar-refractivity contribution in [3.8, 4) is 11.1 Å². The highest BCUT2D eigenvalue weighted by atomic mass is 35.5. The Bertz CT molecular complexity index is 756. The Morgan fingerprint density at radius 3 is 2.70 bits per heavy atom. The van der Waals surface area contributed by atoms with E-state index >= 15 is 0 Å². The van der Waals surface area contributed by atoms with Crippen molar-refractivity contribution in [2.45, 2.75) is 6.92 Å². The second kappa shape index (κ2) is 5.47. The van der Waals surface area contributed by atoms with Gasteiger partial charge in [0.1, 0.15) is 12.1 Å². The van der Waals surface area contributed by atoms with Crippen molar-refractivity contribution in [2.24, 2.45) is 0 Å². The lowest BCUT2D eigenvalue weighted by Gasteiger charge is -2.08. The van der Waals surface area contributed by atoms with Crippen LogP contribution < -0.4 is 5.32 Å². The van der Waals surface area contributed by atoms with E-state index in [0.29, 0.717) is 0 Å². The summed E-state index contributed by atoms with van der Waals surface area (Å²) in [6.07, 6.45) is 1.58. The van der Waals surface area contributed by atoms with Crippen molar-refractivity contribution in [1.29, 1.82) is 0 Å². The molecule has 100 valence electrons. The lowest BCUT2D eigenvalue weighted by molar-refractivity contribution is 1.14. The van der Waals surface area contributed by atoms with Gasteiger partial charge in [-0.15, -0.1) is 0 Å². The van der Waals surface area contributed by atoms with E-state index < -0.39 is 0 Å². The molecule has 3 aromatic rings. The van der Waals surface area contributed by atoms with E-state index in [0.717, 1.165) is 39.4 Å². The first-order valence-electron chi connectivity index (χ1n) is 6.52. The molecule has 0 fully saturated rings. The average Bonchev–Trinajstić information content (AvgIpc) is 2.47. The molecule has 0 aliphatic carbocycles. The number of hydrogen-bond donors (Lipinski definition) is 1. The van der Waals surface area contributed by atoms with Crippen molar-refractivity contribution in [3.63, 3.8) is 0 Å². The van der Waals surface area contributed by atoms with E-state index in [9.17, 15) is 0 Å². The Labute approximate surface area is 122 Å². The molecule has 3 rings (SSSR count). The summed E-state index contributed by atoms with van der Waals surface area (Å²) >= 11 is 6.06. The van der Waals surface area contributed by atoms with Gasteiger partial charge in [-0.25, -0.2) is 9.97 Å². The molecule has 0 aliphatic heterocycles. The maximum absolute atomic E-state index is 6.06. The van der Waals surface area contributed by atoms with Crippen LogP contribution in [0.3, 0.4) is 0 Å². The van der Waals surface area contributed by atoms with Crippen LogP contribution in [0.5, 0.6) is 0 Å². The van der Waals surface area contributed by atoms with E-state index in [1.807, 2.05) is 30.3 Å². The van der Waals surface area contributed by atoms with Crippen molar-refractivity contribution in [3.05, 3.63) is 53.8 Å². The molecular weight excluding hydrogens is 270 g/mol. The summed E-state index contributed by atoms with van der Waals surface area (Å²) in [4.78, 5) is 8.60. The number of aromatic nitrogens is 2. The Morgan fingerprint density at radius 2 is 1.90 bits per heavy atom. The summed E-state index contributed by atoms with van der Waals surface area (Å²) in [6, 6.07) is 14.0. The Hall–Kier alpha value is -2.13. The molecule has 3 nitrogen and oxygen atoms in total. The van der Waals surface area contributed by atoms with Crippen LogP contribution in [0.2, 0.25) is 5.02 Å². The van der Waals surface area contributed by atoms with Gasteiger partial charge in [0, 0.05) is 17.0 Å². The van der Waals surface area contributed by atoms with Gasteiger partial charge in [-0.1, -0.05) is 29.8 Å². The molecule has 0 unspecified atom stereocenters. The highest BCUT2D eigenvalue weighted by molar-refractivity contribution is 6.30. The number of benzene rings is 2. The fourth-order valence-corrected chi connectivity index (χ4v) is 2.40. The lowest BCUT2D eigenvalue weighted by atomic mass is 10.0. The maximum atomic E-state index is 6.06. The van der Waals surface area contributed by atoms with Gasteiger partial charge in [0.2, 0.25) is 0 Å². The number of nitrogens with zero attached hydrogens (tertiary/aromatic N) is 2. The number of hydrogen-bond acceptors (Lipinski definition) is 3. The smallest absolute Gasteiger partial charge is 0.137 e. The maximum Gasteiger partial charge on any atom is 0.137 e. The normalized spacial score (nSPS) is 10.7. The number of fused-ring (bicyclic) bond motifs is 1. The predicted molar refractivity (Wildman–Crippen MR) is 84.1 cm³/mol. The first kappa shape index (κ1) is 12.9. The summed E-state index contributed by atoms with van der Waals surface area (Å²) in [5, 5.41) is 5.02.